The average Bonchev–Trinajstić information content (AvgIpc) is 3.28. The number of amides is 1. The number of likely N-dealkylation sites (tertiary alicyclic amines) is 1. The van der Waals surface area contributed by atoms with Crippen LogP contribution in [0.15, 0.2) is 36.8 Å². The second-order valence-electron chi connectivity index (χ2n) is 7.15. The maximum atomic E-state index is 13.3. The largest absolute Gasteiger partial charge is 0.332 e. The first-order valence-electron chi connectivity index (χ1n) is 9.12. The predicted octanol–water partition coefficient (Wildman–Crippen LogP) is 3.69. The highest BCUT2D eigenvalue weighted by atomic mass is 16.2. The maximum Gasteiger partial charge on any atom is 0.256 e. The summed E-state index contributed by atoms with van der Waals surface area (Å²) in [6, 6.07) is 6.28. The van der Waals surface area contributed by atoms with E-state index in [0.29, 0.717) is 5.56 Å². The molecule has 6 nitrogen and oxygen atoms in total. The summed E-state index contributed by atoms with van der Waals surface area (Å²) < 4.78 is 1.90. The molecule has 6 heteroatoms. The summed E-state index contributed by atoms with van der Waals surface area (Å²) in [5.74, 6) is 0.0495. The molecule has 1 saturated heterocycles. The van der Waals surface area contributed by atoms with Crippen LogP contribution in [0.5, 0.6) is 0 Å². The van der Waals surface area contributed by atoms with E-state index in [1.165, 1.54) is 0 Å². The second kappa shape index (κ2) is 6.52. The average molecular weight is 349 g/mol. The lowest BCUT2D eigenvalue weighted by atomic mass is 10.0. The Balaban J connectivity index is 1.70. The maximum absolute atomic E-state index is 13.3. The van der Waals surface area contributed by atoms with Gasteiger partial charge in [0.15, 0.2) is 5.65 Å². The molecule has 26 heavy (non-hydrogen) atoms. The molecular weight excluding hydrogens is 326 g/mol. The molecule has 4 heterocycles. The Morgan fingerprint density at radius 2 is 2.04 bits per heavy atom. The van der Waals surface area contributed by atoms with E-state index in [-0.39, 0.29) is 18.0 Å². The minimum Gasteiger partial charge on any atom is -0.332 e. The van der Waals surface area contributed by atoms with E-state index < -0.39 is 0 Å². The normalized spacial score (nSPS) is 17.4. The Morgan fingerprint density at radius 1 is 1.27 bits per heavy atom. The molecular formula is C20H23N5O. The van der Waals surface area contributed by atoms with E-state index in [4.69, 9.17) is 4.98 Å². The van der Waals surface area contributed by atoms with Crippen molar-refractivity contribution in [2.75, 3.05) is 6.54 Å². The topological polar surface area (TPSA) is 63.9 Å². The summed E-state index contributed by atoms with van der Waals surface area (Å²) in [6.45, 7) is 6.83. The molecule has 1 fully saturated rings. The van der Waals surface area contributed by atoms with E-state index in [0.717, 1.165) is 41.7 Å². The van der Waals surface area contributed by atoms with E-state index in [2.05, 4.69) is 23.9 Å². The number of carbonyl (C=O) groups excluding carboxylic acids is 1. The summed E-state index contributed by atoms with van der Waals surface area (Å²) in [7, 11) is 0. The molecule has 0 aromatic carbocycles. The molecule has 0 saturated carbocycles. The van der Waals surface area contributed by atoms with Gasteiger partial charge in [-0.2, -0.15) is 5.10 Å². The van der Waals surface area contributed by atoms with Crippen LogP contribution in [0.1, 0.15) is 60.4 Å². The molecule has 0 aliphatic carbocycles. The number of hydrogen-bond acceptors (Lipinski definition) is 4. The molecule has 0 radical (unpaired) electrons. The van der Waals surface area contributed by atoms with Crippen molar-refractivity contribution in [2.45, 2.75) is 45.7 Å². The first-order chi connectivity index (χ1) is 12.6. The van der Waals surface area contributed by atoms with Crippen LogP contribution >= 0.6 is 0 Å². The Kier molecular flexibility index (Phi) is 4.18. The van der Waals surface area contributed by atoms with Gasteiger partial charge in [-0.25, -0.2) is 9.67 Å². The van der Waals surface area contributed by atoms with Crippen LogP contribution in [-0.2, 0) is 0 Å². The van der Waals surface area contributed by atoms with Gasteiger partial charge in [0.1, 0.15) is 0 Å². The SMILES string of the molecule is Cc1nc2c(cnn2C(C)C)cc1C(=O)N1CCCC1c1ccncc1. The van der Waals surface area contributed by atoms with Crippen LogP contribution in [0.2, 0.25) is 0 Å². The van der Waals surface area contributed by atoms with Crippen molar-refractivity contribution in [3.05, 3.63) is 53.6 Å². The molecule has 0 bridgehead atoms. The zero-order valence-corrected chi connectivity index (χ0v) is 15.4. The Hall–Kier alpha value is -2.76. The van der Waals surface area contributed by atoms with Gasteiger partial charge in [-0.3, -0.25) is 9.78 Å². The van der Waals surface area contributed by atoms with Gasteiger partial charge in [0.2, 0.25) is 0 Å². The van der Waals surface area contributed by atoms with Gasteiger partial charge in [0.25, 0.3) is 5.91 Å². The molecule has 1 amide bonds. The van der Waals surface area contributed by atoms with Gasteiger partial charge < -0.3 is 4.90 Å². The van der Waals surface area contributed by atoms with E-state index in [9.17, 15) is 4.79 Å². The molecule has 3 aromatic rings. The first-order valence-corrected chi connectivity index (χ1v) is 9.12. The summed E-state index contributed by atoms with van der Waals surface area (Å²) in [6.07, 6.45) is 7.36. The second-order valence-corrected chi connectivity index (χ2v) is 7.15. The van der Waals surface area contributed by atoms with Crippen LogP contribution in [0.3, 0.4) is 0 Å². The van der Waals surface area contributed by atoms with Crippen molar-refractivity contribution in [3.8, 4) is 0 Å². The minimum atomic E-state index is 0.0495. The van der Waals surface area contributed by atoms with Crippen LogP contribution < -0.4 is 0 Å². The highest BCUT2D eigenvalue weighted by Crippen LogP contribution is 2.33. The molecule has 1 atom stereocenters. The number of nitrogens with zero attached hydrogens (tertiary/aromatic N) is 5. The van der Waals surface area contributed by atoms with Crippen molar-refractivity contribution in [1.29, 1.82) is 0 Å². The Labute approximate surface area is 152 Å². The number of fused-ring (bicyclic) bond motifs is 1. The van der Waals surface area contributed by atoms with Gasteiger partial charge in [-0.1, -0.05) is 0 Å². The van der Waals surface area contributed by atoms with Crippen LogP contribution in [0.25, 0.3) is 11.0 Å². The lowest BCUT2D eigenvalue weighted by Gasteiger charge is -2.25. The highest BCUT2D eigenvalue weighted by molar-refractivity contribution is 5.98. The third-order valence-electron chi connectivity index (χ3n) is 5.08. The van der Waals surface area contributed by atoms with Gasteiger partial charge in [0.05, 0.1) is 23.5 Å². The predicted molar refractivity (Wildman–Crippen MR) is 99.9 cm³/mol. The molecule has 0 spiro atoms. The van der Waals surface area contributed by atoms with Crippen molar-refractivity contribution in [2.24, 2.45) is 0 Å². The van der Waals surface area contributed by atoms with Crippen molar-refractivity contribution in [1.82, 2.24) is 24.6 Å². The first kappa shape index (κ1) is 16.7. The smallest absolute Gasteiger partial charge is 0.256 e. The van der Waals surface area contributed by atoms with Crippen molar-refractivity contribution >= 4 is 16.9 Å². The zero-order valence-electron chi connectivity index (χ0n) is 15.4. The van der Waals surface area contributed by atoms with Crippen molar-refractivity contribution in [3.63, 3.8) is 0 Å². The van der Waals surface area contributed by atoms with E-state index >= 15 is 0 Å². The molecule has 4 rings (SSSR count). The van der Waals surface area contributed by atoms with Crippen molar-refractivity contribution < 1.29 is 4.79 Å². The number of pyridine rings is 2. The summed E-state index contributed by atoms with van der Waals surface area (Å²) >= 11 is 0. The molecule has 3 aromatic heterocycles. The standard InChI is InChI=1S/C20H23N5O/c1-13(2)25-19-16(12-22-25)11-17(14(3)23-19)20(26)24-10-4-5-18(24)15-6-8-21-9-7-15/h6-9,11-13,18H,4-5,10H2,1-3H3. The molecule has 1 aliphatic rings. The van der Waals surface area contributed by atoms with Crippen LogP contribution in [0, 0.1) is 6.92 Å². The fourth-order valence-electron chi connectivity index (χ4n) is 3.76. The monoisotopic (exact) mass is 349 g/mol. The van der Waals surface area contributed by atoms with E-state index in [1.54, 1.807) is 18.6 Å². The van der Waals surface area contributed by atoms with Gasteiger partial charge in [0, 0.05) is 30.4 Å². The number of carbonyl (C=O) groups is 1. The van der Waals surface area contributed by atoms with Gasteiger partial charge in [-0.15, -0.1) is 0 Å². The lowest BCUT2D eigenvalue weighted by molar-refractivity contribution is 0.0734. The third kappa shape index (κ3) is 2.75. The number of rotatable bonds is 3. The Bertz CT molecular complexity index is 947. The summed E-state index contributed by atoms with van der Waals surface area (Å²) in [5, 5.41) is 5.33. The minimum absolute atomic E-state index is 0.0495. The molecule has 134 valence electrons. The van der Waals surface area contributed by atoms with Crippen LogP contribution in [-0.4, -0.2) is 37.1 Å². The summed E-state index contributed by atoms with van der Waals surface area (Å²) in [5.41, 5.74) is 3.40. The fraction of sp³-hybridized carbons (Fsp3) is 0.400. The Morgan fingerprint density at radius 3 is 2.77 bits per heavy atom. The summed E-state index contributed by atoms with van der Waals surface area (Å²) in [4.78, 5) is 24.0. The molecule has 1 aliphatic heterocycles. The molecule has 0 N–H and O–H groups in total. The molecule has 1 unspecified atom stereocenters. The lowest BCUT2D eigenvalue weighted by Crippen LogP contribution is -2.31. The van der Waals surface area contributed by atoms with Crippen LogP contribution in [0.4, 0.5) is 0 Å². The number of aromatic nitrogens is 4. The highest BCUT2D eigenvalue weighted by Gasteiger charge is 2.31. The number of aryl methyl sites for hydroxylation is 1. The van der Waals surface area contributed by atoms with Gasteiger partial charge in [-0.05, 0) is 57.4 Å². The quantitative estimate of drug-likeness (QED) is 0.723. The number of hydrogen-bond donors (Lipinski definition) is 0. The zero-order chi connectivity index (χ0) is 18.3. The van der Waals surface area contributed by atoms with Gasteiger partial charge >= 0.3 is 0 Å². The van der Waals surface area contributed by atoms with E-state index in [1.807, 2.05) is 34.7 Å². The fourth-order valence-corrected chi connectivity index (χ4v) is 3.76. The third-order valence-corrected chi connectivity index (χ3v) is 5.08.